The summed E-state index contributed by atoms with van der Waals surface area (Å²) in [6, 6.07) is 0. The van der Waals surface area contributed by atoms with Gasteiger partial charge in [0.2, 0.25) is 5.91 Å². The molecule has 0 saturated carbocycles. The maximum Gasteiger partial charge on any atom is 0.345 e. The molecule has 3 N–H and O–H groups in total. The van der Waals surface area contributed by atoms with E-state index in [0.29, 0.717) is 17.9 Å². The first kappa shape index (κ1) is 16.4. The maximum atomic E-state index is 11.8. The van der Waals surface area contributed by atoms with E-state index in [4.69, 9.17) is 5.11 Å². The predicted molar refractivity (Wildman–Crippen MR) is 76.6 cm³/mol. The Morgan fingerprint density at radius 2 is 1.95 bits per heavy atom. The topological polar surface area (TPSA) is 95.1 Å². The van der Waals surface area contributed by atoms with Crippen molar-refractivity contribution in [3.05, 3.63) is 27.4 Å². The lowest BCUT2D eigenvalue weighted by Crippen LogP contribution is -2.28. The Morgan fingerprint density at radius 1 is 1.25 bits per heavy atom. The first-order valence-electron chi connectivity index (χ1n) is 6.98. The molecule has 0 aromatic carbocycles. The van der Waals surface area contributed by atoms with E-state index in [9.17, 15) is 9.59 Å². The smallest absolute Gasteiger partial charge is 0.345 e. The lowest BCUT2D eigenvalue weighted by molar-refractivity contribution is -0.120. The van der Waals surface area contributed by atoms with Gasteiger partial charge in [-0.05, 0) is 26.7 Å². The molecule has 0 radical (unpaired) electrons. The van der Waals surface area contributed by atoms with E-state index in [1.807, 2.05) is 0 Å². The largest absolute Gasteiger partial charge is 0.396 e. The van der Waals surface area contributed by atoms with Gasteiger partial charge in [-0.25, -0.2) is 4.79 Å². The molecule has 0 bridgehead atoms. The quantitative estimate of drug-likeness (QED) is 0.608. The number of rotatable bonds is 8. The van der Waals surface area contributed by atoms with Crippen LogP contribution in [0.25, 0.3) is 0 Å². The molecule has 112 valence electrons. The van der Waals surface area contributed by atoms with Crippen molar-refractivity contribution in [3.8, 4) is 0 Å². The van der Waals surface area contributed by atoms with Crippen LogP contribution in [0.3, 0.4) is 0 Å². The number of hydrogen-bond donors (Lipinski definition) is 3. The number of carbonyl (C=O) groups excluding carboxylic acids is 1. The zero-order valence-electron chi connectivity index (χ0n) is 12.2. The number of aromatic amines is 1. The number of aromatic nitrogens is 2. The van der Waals surface area contributed by atoms with Gasteiger partial charge in [-0.3, -0.25) is 4.79 Å². The number of H-pyrrole nitrogens is 1. The summed E-state index contributed by atoms with van der Waals surface area (Å²) in [4.78, 5) is 29.4. The second kappa shape index (κ2) is 8.47. The van der Waals surface area contributed by atoms with Gasteiger partial charge in [0.05, 0.1) is 6.42 Å². The molecule has 0 aliphatic rings. The zero-order chi connectivity index (χ0) is 15.0. The van der Waals surface area contributed by atoms with Crippen LogP contribution >= 0.6 is 0 Å². The van der Waals surface area contributed by atoms with E-state index < -0.39 is 0 Å². The Hall–Kier alpha value is -1.69. The average Bonchev–Trinajstić information content (AvgIpc) is 2.38. The van der Waals surface area contributed by atoms with Crippen LogP contribution in [-0.4, -0.2) is 34.1 Å². The van der Waals surface area contributed by atoms with E-state index in [0.717, 1.165) is 31.2 Å². The van der Waals surface area contributed by atoms with Crippen LogP contribution in [0, 0.1) is 13.8 Å². The minimum atomic E-state index is -0.381. The molecule has 0 saturated heterocycles. The second-order valence-electron chi connectivity index (χ2n) is 4.90. The molecule has 1 amide bonds. The van der Waals surface area contributed by atoms with Crippen molar-refractivity contribution >= 4 is 5.91 Å². The highest BCUT2D eigenvalue weighted by Gasteiger charge is 2.10. The number of aryl methyl sites for hydroxylation is 2. The Balaban J connectivity index is 2.38. The molecule has 6 heteroatoms. The number of unbranched alkanes of at least 4 members (excludes halogenated alkanes) is 3. The third-order valence-electron chi connectivity index (χ3n) is 3.20. The number of hydrogen-bond acceptors (Lipinski definition) is 4. The third-order valence-corrected chi connectivity index (χ3v) is 3.20. The summed E-state index contributed by atoms with van der Waals surface area (Å²) in [5.41, 5.74) is 1.69. The fourth-order valence-electron chi connectivity index (χ4n) is 2.06. The van der Waals surface area contributed by atoms with Crippen LogP contribution < -0.4 is 11.0 Å². The molecule has 0 unspecified atom stereocenters. The minimum Gasteiger partial charge on any atom is -0.396 e. The Bertz CT molecular complexity index is 471. The van der Waals surface area contributed by atoms with Crippen LogP contribution in [0.2, 0.25) is 0 Å². The van der Waals surface area contributed by atoms with Gasteiger partial charge in [0.15, 0.2) is 0 Å². The van der Waals surface area contributed by atoms with Gasteiger partial charge in [0.25, 0.3) is 0 Å². The fraction of sp³-hybridized carbons (Fsp3) is 0.643. The Labute approximate surface area is 118 Å². The van der Waals surface area contributed by atoms with E-state index >= 15 is 0 Å². The second-order valence-corrected chi connectivity index (χ2v) is 4.90. The van der Waals surface area contributed by atoms with Crippen molar-refractivity contribution in [1.29, 1.82) is 0 Å². The normalized spacial score (nSPS) is 10.6. The average molecular weight is 281 g/mol. The van der Waals surface area contributed by atoms with Crippen LogP contribution in [0.5, 0.6) is 0 Å². The fourth-order valence-corrected chi connectivity index (χ4v) is 2.06. The molecule has 1 heterocycles. The summed E-state index contributed by atoms with van der Waals surface area (Å²) in [5.74, 6) is -0.0628. The molecule has 0 aliphatic carbocycles. The van der Waals surface area contributed by atoms with Crippen LogP contribution in [-0.2, 0) is 11.2 Å². The van der Waals surface area contributed by atoms with Gasteiger partial charge >= 0.3 is 5.69 Å². The number of aliphatic hydroxyl groups excluding tert-OH is 1. The van der Waals surface area contributed by atoms with Gasteiger partial charge in [0, 0.05) is 30.1 Å². The molecule has 0 fully saturated rings. The zero-order valence-corrected chi connectivity index (χ0v) is 12.2. The molecule has 1 rings (SSSR count). The SMILES string of the molecule is Cc1nc(=O)[nH]c(C)c1CC(=O)NCCCCCCO. The summed E-state index contributed by atoms with van der Waals surface area (Å²) >= 11 is 0. The first-order valence-corrected chi connectivity index (χ1v) is 6.98. The molecule has 0 spiro atoms. The van der Waals surface area contributed by atoms with Crippen molar-refractivity contribution in [2.24, 2.45) is 0 Å². The highest BCUT2D eigenvalue weighted by Crippen LogP contribution is 2.07. The van der Waals surface area contributed by atoms with E-state index in [1.165, 1.54) is 0 Å². The number of amides is 1. The summed E-state index contributed by atoms with van der Waals surface area (Å²) in [7, 11) is 0. The van der Waals surface area contributed by atoms with Crippen molar-refractivity contribution in [3.63, 3.8) is 0 Å². The third kappa shape index (κ3) is 5.52. The van der Waals surface area contributed by atoms with Crippen LogP contribution in [0.4, 0.5) is 0 Å². The summed E-state index contributed by atoms with van der Waals surface area (Å²) in [6.07, 6.45) is 3.94. The number of aliphatic hydroxyl groups is 1. The highest BCUT2D eigenvalue weighted by atomic mass is 16.2. The molecule has 20 heavy (non-hydrogen) atoms. The van der Waals surface area contributed by atoms with Gasteiger partial charge < -0.3 is 15.4 Å². The van der Waals surface area contributed by atoms with Crippen molar-refractivity contribution < 1.29 is 9.90 Å². The maximum absolute atomic E-state index is 11.8. The molecular weight excluding hydrogens is 258 g/mol. The molecule has 6 nitrogen and oxygen atoms in total. The molecular formula is C14H23N3O3. The summed E-state index contributed by atoms with van der Waals surface area (Å²) in [5, 5.41) is 11.5. The van der Waals surface area contributed by atoms with E-state index in [2.05, 4.69) is 15.3 Å². The Kier molecular flexibility index (Phi) is 6.93. The van der Waals surface area contributed by atoms with Crippen molar-refractivity contribution in [2.75, 3.05) is 13.2 Å². The van der Waals surface area contributed by atoms with Gasteiger partial charge in [-0.2, -0.15) is 4.98 Å². The molecule has 0 aliphatic heterocycles. The standard InChI is InChI=1S/C14H23N3O3/c1-10-12(11(2)17-14(20)16-10)9-13(19)15-7-5-3-4-6-8-18/h18H,3-9H2,1-2H3,(H,15,19)(H,16,17,20). The molecule has 1 aromatic heterocycles. The lowest BCUT2D eigenvalue weighted by Gasteiger charge is -2.09. The summed E-state index contributed by atoms with van der Waals surface area (Å²) < 4.78 is 0. The van der Waals surface area contributed by atoms with E-state index in [-0.39, 0.29) is 24.6 Å². The number of carbonyl (C=O) groups is 1. The van der Waals surface area contributed by atoms with E-state index in [1.54, 1.807) is 13.8 Å². The highest BCUT2D eigenvalue weighted by molar-refractivity contribution is 5.78. The number of nitrogens with zero attached hydrogens (tertiary/aromatic N) is 1. The van der Waals surface area contributed by atoms with Crippen molar-refractivity contribution in [2.45, 2.75) is 46.0 Å². The monoisotopic (exact) mass is 281 g/mol. The predicted octanol–water partition coefficient (Wildman–Crippen LogP) is 0.598. The van der Waals surface area contributed by atoms with Gasteiger partial charge in [-0.15, -0.1) is 0 Å². The van der Waals surface area contributed by atoms with Gasteiger partial charge in [0.1, 0.15) is 0 Å². The number of nitrogens with one attached hydrogen (secondary N) is 2. The molecule has 0 atom stereocenters. The lowest BCUT2D eigenvalue weighted by atomic mass is 10.1. The summed E-state index contributed by atoms with van der Waals surface area (Å²) in [6.45, 7) is 4.37. The van der Waals surface area contributed by atoms with Crippen LogP contribution in [0.15, 0.2) is 4.79 Å². The van der Waals surface area contributed by atoms with Crippen molar-refractivity contribution in [1.82, 2.24) is 15.3 Å². The van der Waals surface area contributed by atoms with Crippen LogP contribution in [0.1, 0.15) is 42.6 Å². The molecule has 1 aromatic rings. The van der Waals surface area contributed by atoms with Gasteiger partial charge in [-0.1, -0.05) is 12.8 Å². The Morgan fingerprint density at radius 3 is 2.60 bits per heavy atom. The first-order chi connectivity index (χ1) is 9.54. The minimum absolute atomic E-state index is 0.0628.